The Balaban J connectivity index is 2.33. The van der Waals surface area contributed by atoms with E-state index in [4.69, 9.17) is 9.84 Å². The van der Waals surface area contributed by atoms with Crippen LogP contribution >= 0.6 is 0 Å². The zero-order valence-electron chi connectivity index (χ0n) is 7.23. The smallest absolute Gasteiger partial charge is 0.356 e. The van der Waals surface area contributed by atoms with Crippen LogP contribution in [0.4, 0.5) is 0 Å². The Morgan fingerprint density at radius 1 is 1.85 bits per heavy atom. The normalized spacial score (nSPS) is 20.5. The van der Waals surface area contributed by atoms with Crippen molar-refractivity contribution in [3.63, 3.8) is 0 Å². The first-order chi connectivity index (χ1) is 6.16. The van der Waals surface area contributed by atoms with E-state index in [2.05, 4.69) is 5.10 Å². The summed E-state index contributed by atoms with van der Waals surface area (Å²) in [4.78, 5) is 10.6. The van der Waals surface area contributed by atoms with Gasteiger partial charge in [0.2, 0.25) is 5.88 Å². The summed E-state index contributed by atoms with van der Waals surface area (Å²) >= 11 is 0. The van der Waals surface area contributed by atoms with Crippen molar-refractivity contribution in [1.82, 2.24) is 9.78 Å². The molecule has 2 rings (SSSR count). The predicted molar refractivity (Wildman–Crippen MR) is 43.8 cm³/mol. The highest BCUT2D eigenvalue weighted by atomic mass is 16.5. The predicted octanol–water partition coefficient (Wildman–Crippen LogP) is 0.610. The van der Waals surface area contributed by atoms with Crippen molar-refractivity contribution < 1.29 is 14.6 Å². The molecule has 1 aliphatic heterocycles. The molecule has 70 valence electrons. The van der Waals surface area contributed by atoms with Crippen LogP contribution < -0.4 is 4.74 Å². The van der Waals surface area contributed by atoms with E-state index in [0.29, 0.717) is 18.4 Å². The third kappa shape index (κ3) is 1.37. The van der Waals surface area contributed by atoms with Crippen LogP contribution in [-0.2, 0) is 6.54 Å². The number of carboxylic acid groups (broad SMARTS) is 1. The Morgan fingerprint density at radius 2 is 2.62 bits per heavy atom. The molecule has 1 aromatic rings. The fourth-order valence-corrected chi connectivity index (χ4v) is 1.33. The Labute approximate surface area is 74.9 Å². The van der Waals surface area contributed by atoms with Gasteiger partial charge in [0.05, 0.1) is 13.2 Å². The highest BCUT2D eigenvalue weighted by Gasteiger charge is 2.20. The van der Waals surface area contributed by atoms with E-state index < -0.39 is 5.97 Å². The molecule has 2 heterocycles. The second-order valence-corrected chi connectivity index (χ2v) is 3.27. The largest absolute Gasteiger partial charge is 0.477 e. The highest BCUT2D eigenvalue weighted by molar-refractivity contribution is 5.85. The number of carbonyl (C=O) groups is 1. The Kier molecular flexibility index (Phi) is 1.72. The molecule has 0 fully saturated rings. The van der Waals surface area contributed by atoms with E-state index in [0.717, 1.165) is 6.54 Å². The van der Waals surface area contributed by atoms with E-state index in [-0.39, 0.29) is 5.69 Å². The summed E-state index contributed by atoms with van der Waals surface area (Å²) in [6, 6.07) is 1.45. The van der Waals surface area contributed by atoms with Crippen molar-refractivity contribution in [3.05, 3.63) is 11.8 Å². The lowest BCUT2D eigenvalue weighted by molar-refractivity contribution is 0.0689. The van der Waals surface area contributed by atoms with E-state index in [1.54, 1.807) is 4.68 Å². The molecule has 1 unspecified atom stereocenters. The van der Waals surface area contributed by atoms with Crippen molar-refractivity contribution in [1.29, 1.82) is 0 Å². The van der Waals surface area contributed by atoms with Crippen LogP contribution in [0.3, 0.4) is 0 Å². The number of aromatic carboxylic acids is 1. The van der Waals surface area contributed by atoms with E-state index in [1.165, 1.54) is 6.07 Å². The standard InChI is InChI=1S/C8H10N2O3/c1-5-3-10-7(13-4-5)2-6(9-10)8(11)12/h2,5H,3-4H2,1H3,(H,11,12). The molecule has 0 spiro atoms. The van der Waals surface area contributed by atoms with Crippen LogP contribution in [0.1, 0.15) is 17.4 Å². The Hall–Kier alpha value is -1.52. The first kappa shape index (κ1) is 8.10. The number of nitrogens with zero attached hydrogens (tertiary/aromatic N) is 2. The Morgan fingerprint density at radius 3 is 3.31 bits per heavy atom. The molecular weight excluding hydrogens is 172 g/mol. The Bertz CT molecular complexity index is 345. The van der Waals surface area contributed by atoms with Gasteiger partial charge in [-0.25, -0.2) is 9.48 Å². The molecule has 1 atom stereocenters. The van der Waals surface area contributed by atoms with Gasteiger partial charge in [-0.2, -0.15) is 5.10 Å². The second-order valence-electron chi connectivity index (χ2n) is 3.27. The number of ether oxygens (including phenoxy) is 1. The molecule has 1 aromatic heterocycles. The molecule has 13 heavy (non-hydrogen) atoms. The molecule has 1 N–H and O–H groups in total. The highest BCUT2D eigenvalue weighted by Crippen LogP contribution is 2.20. The van der Waals surface area contributed by atoms with Gasteiger partial charge in [0, 0.05) is 12.0 Å². The molecule has 1 aliphatic rings. The molecule has 0 saturated heterocycles. The van der Waals surface area contributed by atoms with Crippen molar-refractivity contribution in [2.24, 2.45) is 5.92 Å². The van der Waals surface area contributed by atoms with Crippen molar-refractivity contribution in [2.75, 3.05) is 6.61 Å². The molecule has 5 nitrogen and oxygen atoms in total. The van der Waals surface area contributed by atoms with Crippen LogP contribution in [0.2, 0.25) is 0 Å². The van der Waals surface area contributed by atoms with Crippen molar-refractivity contribution in [2.45, 2.75) is 13.5 Å². The van der Waals surface area contributed by atoms with Gasteiger partial charge < -0.3 is 9.84 Å². The summed E-state index contributed by atoms with van der Waals surface area (Å²) in [5.74, 6) is -0.0808. The number of hydrogen-bond donors (Lipinski definition) is 1. The van der Waals surface area contributed by atoms with E-state index in [1.807, 2.05) is 6.92 Å². The number of fused-ring (bicyclic) bond motifs is 1. The summed E-state index contributed by atoms with van der Waals surface area (Å²) in [6.45, 7) is 3.39. The van der Waals surface area contributed by atoms with Gasteiger partial charge in [-0.1, -0.05) is 6.92 Å². The maximum Gasteiger partial charge on any atom is 0.356 e. The maximum atomic E-state index is 10.6. The van der Waals surface area contributed by atoms with Gasteiger partial charge in [0.1, 0.15) is 0 Å². The zero-order valence-corrected chi connectivity index (χ0v) is 7.23. The fraction of sp³-hybridized carbons (Fsp3) is 0.500. The van der Waals surface area contributed by atoms with Crippen LogP contribution in [0, 0.1) is 5.92 Å². The van der Waals surface area contributed by atoms with Crippen LogP contribution in [0.15, 0.2) is 6.07 Å². The minimum Gasteiger partial charge on any atom is -0.477 e. The zero-order chi connectivity index (χ0) is 9.42. The molecule has 0 bridgehead atoms. The quantitative estimate of drug-likeness (QED) is 0.691. The molecule has 5 heteroatoms. The maximum absolute atomic E-state index is 10.6. The van der Waals surface area contributed by atoms with Crippen LogP contribution in [0.25, 0.3) is 0 Å². The van der Waals surface area contributed by atoms with Gasteiger partial charge in [-0.3, -0.25) is 0 Å². The molecular formula is C8H10N2O3. The van der Waals surface area contributed by atoms with Crippen LogP contribution in [-0.4, -0.2) is 27.5 Å². The monoisotopic (exact) mass is 182 g/mol. The summed E-state index contributed by atoms with van der Waals surface area (Å²) in [6.07, 6.45) is 0. The average Bonchev–Trinajstić information content (AvgIpc) is 2.46. The lowest BCUT2D eigenvalue weighted by atomic mass is 10.2. The topological polar surface area (TPSA) is 64.3 Å². The SMILES string of the molecule is CC1COc2cc(C(=O)O)nn2C1. The minimum atomic E-state index is -1.02. The van der Waals surface area contributed by atoms with Gasteiger partial charge in [-0.05, 0) is 0 Å². The van der Waals surface area contributed by atoms with Crippen molar-refractivity contribution in [3.8, 4) is 5.88 Å². The number of hydrogen-bond acceptors (Lipinski definition) is 3. The lowest BCUT2D eigenvalue weighted by Gasteiger charge is -2.20. The number of carboxylic acids is 1. The summed E-state index contributed by atoms with van der Waals surface area (Å²) in [5, 5.41) is 12.6. The van der Waals surface area contributed by atoms with Gasteiger partial charge in [0.25, 0.3) is 0 Å². The summed E-state index contributed by atoms with van der Waals surface area (Å²) < 4.78 is 6.90. The fourth-order valence-electron chi connectivity index (χ4n) is 1.33. The van der Waals surface area contributed by atoms with Crippen LogP contribution in [0.5, 0.6) is 5.88 Å². The third-order valence-corrected chi connectivity index (χ3v) is 1.96. The summed E-state index contributed by atoms with van der Waals surface area (Å²) in [7, 11) is 0. The number of rotatable bonds is 1. The van der Waals surface area contributed by atoms with Gasteiger partial charge in [0.15, 0.2) is 5.69 Å². The lowest BCUT2D eigenvalue weighted by Crippen LogP contribution is -2.23. The molecule has 0 aromatic carbocycles. The molecule has 0 amide bonds. The van der Waals surface area contributed by atoms with E-state index in [9.17, 15) is 4.79 Å². The molecule has 0 radical (unpaired) electrons. The molecule has 0 saturated carbocycles. The number of aromatic nitrogens is 2. The van der Waals surface area contributed by atoms with Crippen molar-refractivity contribution >= 4 is 5.97 Å². The van der Waals surface area contributed by atoms with Gasteiger partial charge in [-0.15, -0.1) is 0 Å². The summed E-state index contributed by atoms with van der Waals surface area (Å²) in [5.41, 5.74) is 0.0455. The first-order valence-electron chi connectivity index (χ1n) is 4.11. The van der Waals surface area contributed by atoms with E-state index >= 15 is 0 Å². The second kappa shape index (κ2) is 2.76. The molecule has 0 aliphatic carbocycles. The third-order valence-electron chi connectivity index (χ3n) is 1.96. The average molecular weight is 182 g/mol. The first-order valence-corrected chi connectivity index (χ1v) is 4.11. The van der Waals surface area contributed by atoms with Gasteiger partial charge >= 0.3 is 5.97 Å². The minimum absolute atomic E-state index is 0.0455.